The maximum atomic E-state index is 14.7. The van der Waals surface area contributed by atoms with Gasteiger partial charge in [-0.1, -0.05) is 39.5 Å². The zero-order valence-corrected chi connectivity index (χ0v) is 18.8. The van der Waals surface area contributed by atoms with Gasteiger partial charge in [-0.05, 0) is 52.0 Å². The fourth-order valence-corrected chi connectivity index (χ4v) is 3.28. The van der Waals surface area contributed by atoms with Crippen molar-refractivity contribution in [2.24, 2.45) is 5.16 Å². The third kappa shape index (κ3) is 7.16. The Morgan fingerprint density at radius 3 is 1.88 bits per heavy atom. The highest BCUT2D eigenvalue weighted by molar-refractivity contribution is 5.90. The number of rotatable bonds is 9. The zero-order valence-electron chi connectivity index (χ0n) is 18.8. The molecule has 7 nitrogen and oxygen atoms in total. The first-order valence-electron chi connectivity index (χ1n) is 10.0. The van der Waals surface area contributed by atoms with Gasteiger partial charge in [-0.15, -0.1) is 0 Å². The van der Waals surface area contributed by atoms with Crippen molar-refractivity contribution in [3.8, 4) is 0 Å². The van der Waals surface area contributed by atoms with Gasteiger partial charge in [0.15, 0.2) is 12.3 Å². The van der Waals surface area contributed by atoms with Gasteiger partial charge < -0.3 is 19.4 Å². The van der Waals surface area contributed by atoms with Gasteiger partial charge in [0.05, 0.1) is 17.3 Å². The fourth-order valence-electron chi connectivity index (χ4n) is 3.28. The highest BCUT2D eigenvalue weighted by atomic mass is 19.1. The summed E-state index contributed by atoms with van der Waals surface area (Å²) in [6.07, 6.45) is -4.55. The third-order valence-electron chi connectivity index (χ3n) is 4.54. The molecule has 0 aliphatic heterocycles. The van der Waals surface area contributed by atoms with Gasteiger partial charge in [0.2, 0.25) is 0 Å². The number of esters is 2. The first kappa shape index (κ1) is 25.0. The molecular weight excluding hydrogens is 417 g/mol. The minimum atomic E-state index is -2.00. The quantitative estimate of drug-likeness (QED) is 0.360. The van der Waals surface area contributed by atoms with Crippen LogP contribution in [0.5, 0.6) is 0 Å². The highest BCUT2D eigenvalue weighted by Gasteiger charge is 2.33. The summed E-state index contributed by atoms with van der Waals surface area (Å²) >= 11 is 0. The van der Waals surface area contributed by atoms with Crippen molar-refractivity contribution in [3.63, 3.8) is 0 Å². The lowest BCUT2D eigenvalue weighted by atomic mass is 10.1. The van der Waals surface area contributed by atoms with Crippen LogP contribution in [0.15, 0.2) is 41.6 Å². The van der Waals surface area contributed by atoms with Gasteiger partial charge in [-0.25, -0.2) is 14.0 Å². The van der Waals surface area contributed by atoms with E-state index in [1.54, 1.807) is 24.3 Å². The molecule has 1 N–H and O–H groups in total. The van der Waals surface area contributed by atoms with Gasteiger partial charge in [-0.3, -0.25) is 0 Å². The van der Waals surface area contributed by atoms with Crippen molar-refractivity contribution >= 4 is 18.2 Å². The number of hydrogen-bond donors (Lipinski definition) is 1. The van der Waals surface area contributed by atoms with Crippen molar-refractivity contribution in [2.75, 3.05) is 13.7 Å². The minimum absolute atomic E-state index is 0.211. The molecule has 172 valence electrons. The lowest BCUT2D eigenvalue weighted by Gasteiger charge is -2.24. The second kappa shape index (κ2) is 11.4. The Kier molecular flexibility index (Phi) is 8.90. The number of aryl methyl sites for hydroxylation is 4. The first-order valence-corrected chi connectivity index (χ1v) is 10.0. The number of aliphatic hydroxyl groups is 1. The molecule has 0 radical (unpaired) electrons. The normalized spacial score (nSPS) is 14.0. The van der Waals surface area contributed by atoms with Gasteiger partial charge in [0, 0.05) is 0 Å². The number of carbonyl (C=O) groups excluding carboxylic acids is 2. The number of halogens is 1. The smallest absolute Gasteiger partial charge is 0.338 e. The molecule has 0 saturated carbocycles. The Morgan fingerprint density at radius 1 is 0.938 bits per heavy atom. The van der Waals surface area contributed by atoms with Gasteiger partial charge in [0.25, 0.3) is 0 Å². The summed E-state index contributed by atoms with van der Waals surface area (Å²) in [4.78, 5) is 29.4. The Bertz CT molecular complexity index is 950. The van der Waals surface area contributed by atoms with E-state index in [1.807, 2.05) is 39.8 Å². The van der Waals surface area contributed by atoms with E-state index < -0.39 is 36.9 Å². The van der Waals surface area contributed by atoms with Gasteiger partial charge in [-0.2, -0.15) is 0 Å². The molecule has 0 heterocycles. The summed E-state index contributed by atoms with van der Waals surface area (Å²) in [6.45, 7) is 6.71. The van der Waals surface area contributed by atoms with Crippen LogP contribution in [0.1, 0.15) is 43.0 Å². The molecular formula is C24H28FNO6. The summed E-state index contributed by atoms with van der Waals surface area (Å²) in [7, 11) is 1.22. The average Bonchev–Trinajstić information content (AvgIpc) is 2.72. The van der Waals surface area contributed by atoms with E-state index in [2.05, 4.69) is 9.99 Å². The maximum absolute atomic E-state index is 14.7. The molecule has 0 fully saturated rings. The minimum Gasteiger partial charge on any atom is -0.459 e. The number of benzene rings is 2. The van der Waals surface area contributed by atoms with Crippen LogP contribution < -0.4 is 0 Å². The molecule has 0 bridgehead atoms. The van der Waals surface area contributed by atoms with Crippen LogP contribution in [0.25, 0.3) is 0 Å². The second-order valence-electron chi connectivity index (χ2n) is 7.67. The molecule has 0 saturated heterocycles. The summed E-state index contributed by atoms with van der Waals surface area (Å²) in [5, 5.41) is 13.8. The number of ether oxygens (including phenoxy) is 2. The molecule has 2 aromatic carbocycles. The van der Waals surface area contributed by atoms with Crippen molar-refractivity contribution in [2.45, 2.75) is 46.1 Å². The van der Waals surface area contributed by atoms with E-state index in [-0.39, 0.29) is 5.56 Å². The standard InChI is InChI=1S/C24H28FNO6/c1-14-6-15(2)9-18(8-14)23(28)31-13-21(27)22(20(25)12-26-30-5)32-24(29)19-10-16(3)7-17(4)11-19/h6-12,20-22,27H,13H2,1-5H3/t20-,21-,22+/m1/s1. The van der Waals surface area contributed by atoms with E-state index in [0.29, 0.717) is 5.56 Å². The summed E-state index contributed by atoms with van der Waals surface area (Å²) in [6, 6.07) is 10.2. The predicted octanol–water partition coefficient (Wildman–Crippen LogP) is 3.63. The van der Waals surface area contributed by atoms with Crippen molar-refractivity contribution in [1.82, 2.24) is 0 Å². The third-order valence-corrected chi connectivity index (χ3v) is 4.54. The molecule has 0 aliphatic carbocycles. The van der Waals surface area contributed by atoms with Crippen molar-refractivity contribution < 1.29 is 33.4 Å². The number of oxime groups is 1. The van der Waals surface area contributed by atoms with Crippen LogP contribution in [0.2, 0.25) is 0 Å². The highest BCUT2D eigenvalue weighted by Crippen LogP contribution is 2.16. The van der Waals surface area contributed by atoms with E-state index in [9.17, 15) is 19.1 Å². The Labute approximate surface area is 186 Å². The first-order chi connectivity index (χ1) is 15.1. The Morgan fingerprint density at radius 2 is 1.41 bits per heavy atom. The average molecular weight is 445 g/mol. The number of nitrogens with zero attached hydrogens (tertiary/aromatic N) is 1. The lowest BCUT2D eigenvalue weighted by molar-refractivity contribution is -0.0594. The van der Waals surface area contributed by atoms with E-state index in [1.165, 1.54) is 7.11 Å². The maximum Gasteiger partial charge on any atom is 0.338 e. The molecule has 0 spiro atoms. The number of alkyl halides is 1. The molecule has 32 heavy (non-hydrogen) atoms. The summed E-state index contributed by atoms with van der Waals surface area (Å²) in [5.74, 6) is -1.51. The molecule has 0 unspecified atom stereocenters. The molecule has 2 aromatic rings. The SMILES string of the molecule is CON=C[C@@H](F)[C@H](OC(=O)c1cc(C)cc(C)c1)[C@H](O)COC(=O)c1cc(C)cc(C)c1. The Balaban J connectivity index is 2.15. The second-order valence-corrected chi connectivity index (χ2v) is 7.67. The number of carbonyl (C=O) groups is 2. The Hall–Kier alpha value is -3.26. The molecule has 0 aliphatic rings. The molecule has 2 rings (SSSR count). The topological polar surface area (TPSA) is 94.4 Å². The largest absolute Gasteiger partial charge is 0.459 e. The summed E-state index contributed by atoms with van der Waals surface area (Å²) < 4.78 is 25.1. The van der Waals surface area contributed by atoms with Crippen LogP contribution in [0.4, 0.5) is 4.39 Å². The van der Waals surface area contributed by atoms with E-state index >= 15 is 0 Å². The molecule has 0 amide bonds. The predicted molar refractivity (Wildman–Crippen MR) is 118 cm³/mol. The molecule has 0 aromatic heterocycles. The van der Waals surface area contributed by atoms with E-state index in [4.69, 9.17) is 9.47 Å². The van der Waals surface area contributed by atoms with Crippen LogP contribution in [0, 0.1) is 27.7 Å². The number of aliphatic hydroxyl groups excluding tert-OH is 1. The van der Waals surface area contributed by atoms with Gasteiger partial charge in [0.1, 0.15) is 19.8 Å². The number of hydrogen-bond acceptors (Lipinski definition) is 7. The van der Waals surface area contributed by atoms with Crippen LogP contribution in [-0.4, -0.2) is 55.4 Å². The summed E-state index contributed by atoms with van der Waals surface area (Å²) in [5.41, 5.74) is 3.91. The van der Waals surface area contributed by atoms with E-state index in [0.717, 1.165) is 28.5 Å². The van der Waals surface area contributed by atoms with Crippen molar-refractivity contribution in [1.29, 1.82) is 0 Å². The fraction of sp³-hybridized carbons (Fsp3) is 0.375. The van der Waals surface area contributed by atoms with Crippen LogP contribution in [-0.2, 0) is 14.3 Å². The van der Waals surface area contributed by atoms with Gasteiger partial charge >= 0.3 is 11.9 Å². The van der Waals surface area contributed by atoms with Crippen molar-refractivity contribution in [3.05, 3.63) is 69.8 Å². The lowest BCUT2D eigenvalue weighted by Crippen LogP contribution is -2.43. The monoisotopic (exact) mass is 445 g/mol. The molecule has 8 heteroatoms. The zero-order chi connectivity index (χ0) is 23.8. The van der Waals surface area contributed by atoms with Crippen LogP contribution in [0.3, 0.4) is 0 Å². The molecule has 3 atom stereocenters. The van der Waals surface area contributed by atoms with Crippen LogP contribution >= 0.6 is 0 Å².